The summed E-state index contributed by atoms with van der Waals surface area (Å²) in [6.07, 6.45) is -7.94. The highest BCUT2D eigenvalue weighted by Crippen LogP contribution is 2.35. The number of nitrogens with one attached hydrogen (secondary N) is 1. The maximum atomic E-state index is 15.3. The van der Waals surface area contributed by atoms with Crippen LogP contribution in [0, 0.1) is 0 Å². The number of rotatable bonds is 8. The zero-order chi connectivity index (χ0) is 25.7. The van der Waals surface area contributed by atoms with Crippen LogP contribution in [0.25, 0.3) is 0 Å². The molecule has 0 saturated heterocycles. The molecule has 35 heavy (non-hydrogen) atoms. The molecule has 1 aromatic heterocycles. The minimum atomic E-state index is -4.44. The van der Waals surface area contributed by atoms with Gasteiger partial charge in [0.25, 0.3) is 0 Å². The Balaban J connectivity index is 1.41. The summed E-state index contributed by atoms with van der Waals surface area (Å²) in [5, 5.41) is 2.58. The predicted molar refractivity (Wildman–Crippen MR) is 114 cm³/mol. The first-order valence-electron chi connectivity index (χ1n) is 11.8. The van der Waals surface area contributed by atoms with Crippen LogP contribution in [0.1, 0.15) is 56.2 Å². The van der Waals surface area contributed by atoms with Crippen molar-refractivity contribution in [3.8, 4) is 5.88 Å². The van der Waals surface area contributed by atoms with Crippen LogP contribution in [-0.4, -0.2) is 66.1 Å². The monoisotopic (exact) mass is 513 g/mol. The van der Waals surface area contributed by atoms with E-state index in [1.165, 1.54) is 6.07 Å². The summed E-state index contributed by atoms with van der Waals surface area (Å²) in [4.78, 5) is 18.0. The molecule has 1 saturated carbocycles. The van der Waals surface area contributed by atoms with E-state index in [-0.39, 0.29) is 24.8 Å². The molecule has 0 radical (unpaired) electrons. The lowest BCUT2D eigenvalue weighted by atomic mass is 9.81. The highest BCUT2D eigenvalue weighted by molar-refractivity contribution is 5.76. The Morgan fingerprint density at radius 2 is 1.77 bits per heavy atom. The van der Waals surface area contributed by atoms with Crippen molar-refractivity contribution in [2.75, 3.05) is 26.2 Å². The fourth-order valence-corrected chi connectivity index (χ4v) is 4.51. The number of amides is 1. The predicted octanol–water partition coefficient (Wildman–Crippen LogP) is 4.92. The molecule has 0 aromatic carbocycles. The van der Waals surface area contributed by atoms with Crippen LogP contribution in [0.3, 0.4) is 0 Å². The van der Waals surface area contributed by atoms with Gasteiger partial charge in [-0.15, -0.1) is 0 Å². The quantitative estimate of drug-likeness (QED) is 0.502. The fourth-order valence-electron chi connectivity index (χ4n) is 4.51. The molecular formula is C23H30F7N3O2. The van der Waals surface area contributed by atoms with Crippen LogP contribution in [0.15, 0.2) is 12.1 Å². The Hall–Kier alpha value is -2.11. The van der Waals surface area contributed by atoms with Crippen LogP contribution in [0.2, 0.25) is 0 Å². The van der Waals surface area contributed by atoms with Crippen LogP contribution < -0.4 is 10.1 Å². The Bertz CT molecular complexity index is 852. The number of pyridine rings is 1. The van der Waals surface area contributed by atoms with E-state index < -0.39 is 43.4 Å². The first kappa shape index (κ1) is 27.5. The number of alkyl halides is 7. The lowest BCUT2D eigenvalue weighted by molar-refractivity contribution is -0.154. The van der Waals surface area contributed by atoms with Gasteiger partial charge in [0, 0.05) is 50.3 Å². The third kappa shape index (κ3) is 9.46. The Kier molecular flexibility index (Phi) is 8.87. The molecule has 12 heteroatoms. The fraction of sp³-hybridized carbons (Fsp3) is 0.739. The van der Waals surface area contributed by atoms with Crippen molar-refractivity contribution >= 4 is 5.91 Å². The number of fused-ring (bicyclic) bond motifs is 1. The molecule has 3 rings (SSSR count). The molecule has 0 atom stereocenters. The van der Waals surface area contributed by atoms with E-state index >= 15 is 4.39 Å². The third-order valence-corrected chi connectivity index (χ3v) is 6.55. The van der Waals surface area contributed by atoms with Gasteiger partial charge in [0.05, 0.1) is 6.42 Å². The SMILES string of the molecule is O=C(CCC(F)(F)F)NC1CCC(F)(CCN2CCc3ccc(OCC(F)(F)F)nc3CC2)CC1. The van der Waals surface area contributed by atoms with Crippen molar-refractivity contribution in [2.45, 2.75) is 81.9 Å². The standard InChI is InChI=1S/C23H30F7N3O2/c24-21(8-3-17(4-9-21)31-19(34)5-10-22(25,26)27)11-14-33-12-6-16-1-2-20(32-18(16)7-13-33)35-15-23(28,29)30/h1-2,17H,3-15H2,(H,31,34). The van der Waals surface area contributed by atoms with Gasteiger partial charge in [0.1, 0.15) is 5.67 Å². The third-order valence-electron chi connectivity index (χ3n) is 6.55. The van der Waals surface area contributed by atoms with E-state index in [0.717, 1.165) is 5.56 Å². The van der Waals surface area contributed by atoms with Gasteiger partial charge in [-0.25, -0.2) is 9.37 Å². The topological polar surface area (TPSA) is 54.5 Å². The zero-order valence-corrected chi connectivity index (χ0v) is 19.3. The van der Waals surface area contributed by atoms with Crippen LogP contribution in [0.5, 0.6) is 5.88 Å². The van der Waals surface area contributed by atoms with Crippen molar-refractivity contribution in [1.82, 2.24) is 15.2 Å². The largest absolute Gasteiger partial charge is 0.468 e. The minimum absolute atomic E-state index is 0.0699. The molecule has 1 fully saturated rings. The number of carbonyl (C=O) groups is 1. The smallest absolute Gasteiger partial charge is 0.422 e. The van der Waals surface area contributed by atoms with Gasteiger partial charge in [-0.3, -0.25) is 4.79 Å². The van der Waals surface area contributed by atoms with Gasteiger partial charge >= 0.3 is 12.4 Å². The van der Waals surface area contributed by atoms with E-state index in [9.17, 15) is 31.1 Å². The van der Waals surface area contributed by atoms with Gasteiger partial charge in [0.2, 0.25) is 11.8 Å². The van der Waals surface area contributed by atoms with Crippen LogP contribution >= 0.6 is 0 Å². The van der Waals surface area contributed by atoms with Crippen molar-refractivity contribution in [3.05, 3.63) is 23.4 Å². The average Bonchev–Trinajstić information content (AvgIpc) is 2.98. The summed E-state index contributed by atoms with van der Waals surface area (Å²) >= 11 is 0. The Morgan fingerprint density at radius 1 is 1.09 bits per heavy atom. The molecule has 1 amide bonds. The number of nitrogens with zero attached hydrogens (tertiary/aromatic N) is 2. The second-order valence-electron chi connectivity index (χ2n) is 9.36. The maximum absolute atomic E-state index is 15.3. The number of ether oxygens (including phenoxy) is 1. The van der Waals surface area contributed by atoms with Crippen molar-refractivity contribution < 1.29 is 40.3 Å². The molecule has 0 bridgehead atoms. The number of aromatic nitrogens is 1. The van der Waals surface area contributed by atoms with Gasteiger partial charge in [0.15, 0.2) is 6.61 Å². The van der Waals surface area contributed by atoms with Crippen molar-refractivity contribution in [2.24, 2.45) is 0 Å². The second kappa shape index (κ2) is 11.3. The van der Waals surface area contributed by atoms with Crippen LogP contribution in [-0.2, 0) is 17.6 Å². The highest BCUT2D eigenvalue weighted by atomic mass is 19.4. The summed E-state index contributed by atoms with van der Waals surface area (Å²) in [7, 11) is 0. The molecule has 0 unspecified atom stereocenters. The number of hydrogen-bond acceptors (Lipinski definition) is 4. The van der Waals surface area contributed by atoms with E-state index in [4.69, 9.17) is 4.74 Å². The number of carbonyl (C=O) groups excluding carboxylic acids is 1. The zero-order valence-electron chi connectivity index (χ0n) is 19.3. The summed E-state index contributed by atoms with van der Waals surface area (Å²) in [5.74, 6) is -0.733. The first-order chi connectivity index (χ1) is 16.3. The van der Waals surface area contributed by atoms with Crippen LogP contribution in [0.4, 0.5) is 30.7 Å². The summed E-state index contributed by atoms with van der Waals surface area (Å²) < 4.78 is 93.9. The number of hydrogen-bond donors (Lipinski definition) is 1. The molecule has 2 heterocycles. The van der Waals surface area contributed by atoms with E-state index in [2.05, 4.69) is 15.2 Å². The first-order valence-corrected chi connectivity index (χ1v) is 11.8. The lowest BCUT2D eigenvalue weighted by Crippen LogP contribution is -2.43. The molecule has 1 aromatic rings. The molecule has 0 spiro atoms. The summed E-state index contributed by atoms with van der Waals surface area (Å²) in [6, 6.07) is 2.84. The Morgan fingerprint density at radius 3 is 2.43 bits per heavy atom. The average molecular weight is 513 g/mol. The van der Waals surface area contributed by atoms with Gasteiger partial charge in [-0.1, -0.05) is 6.07 Å². The Labute approximate surface area is 199 Å². The summed E-state index contributed by atoms with van der Waals surface area (Å²) in [6.45, 7) is 0.369. The van der Waals surface area contributed by atoms with Gasteiger partial charge < -0.3 is 15.0 Å². The summed E-state index contributed by atoms with van der Waals surface area (Å²) in [5.41, 5.74) is 0.218. The highest BCUT2D eigenvalue weighted by Gasteiger charge is 2.36. The van der Waals surface area contributed by atoms with E-state index in [1.54, 1.807) is 6.07 Å². The molecule has 1 aliphatic carbocycles. The molecule has 2 aliphatic rings. The second-order valence-corrected chi connectivity index (χ2v) is 9.36. The molecule has 1 N–H and O–H groups in total. The van der Waals surface area contributed by atoms with Gasteiger partial charge in [-0.05, 0) is 44.1 Å². The van der Waals surface area contributed by atoms with Crippen molar-refractivity contribution in [3.63, 3.8) is 0 Å². The van der Waals surface area contributed by atoms with Crippen molar-refractivity contribution in [1.29, 1.82) is 0 Å². The normalized spacial score (nSPS) is 23.9. The number of halogens is 7. The van der Waals surface area contributed by atoms with Gasteiger partial charge in [-0.2, -0.15) is 26.3 Å². The van der Waals surface area contributed by atoms with E-state index in [0.29, 0.717) is 57.4 Å². The van der Waals surface area contributed by atoms with E-state index in [1.807, 2.05) is 0 Å². The minimum Gasteiger partial charge on any atom is -0.468 e. The molecule has 198 valence electrons. The molecule has 5 nitrogen and oxygen atoms in total. The molecular weight excluding hydrogens is 483 g/mol. The molecule has 1 aliphatic heterocycles. The lowest BCUT2D eigenvalue weighted by Gasteiger charge is -2.35. The maximum Gasteiger partial charge on any atom is 0.422 e.